The largest absolute Gasteiger partial charge is 0.463 e. The third-order valence-electron chi connectivity index (χ3n) is 3.42. The van der Waals surface area contributed by atoms with Gasteiger partial charge in [-0.1, -0.05) is 23.7 Å². The van der Waals surface area contributed by atoms with Gasteiger partial charge in [-0.3, -0.25) is 0 Å². The molecule has 1 aliphatic carbocycles. The quantitative estimate of drug-likeness (QED) is 0.788. The molecule has 0 saturated carbocycles. The molecule has 92 valence electrons. The molecule has 3 rings (SSSR count). The van der Waals surface area contributed by atoms with Gasteiger partial charge in [-0.15, -0.1) is 12.4 Å². The number of ether oxygens (including phenoxy) is 1. The maximum atomic E-state index is 6.22. The van der Waals surface area contributed by atoms with Gasteiger partial charge in [-0.25, -0.2) is 4.99 Å². The minimum Gasteiger partial charge on any atom is -0.463 e. The molecule has 2 aliphatic rings. The Morgan fingerprint density at radius 1 is 1.41 bits per heavy atom. The third kappa shape index (κ3) is 2.09. The third-order valence-corrected chi connectivity index (χ3v) is 3.77. The lowest BCUT2D eigenvalue weighted by molar-refractivity contribution is 0.235. The summed E-state index contributed by atoms with van der Waals surface area (Å²) < 4.78 is 5.29. The summed E-state index contributed by atoms with van der Waals surface area (Å²) in [5.74, 6) is 0. The van der Waals surface area contributed by atoms with E-state index < -0.39 is 0 Å². The lowest BCUT2D eigenvalue weighted by atomic mass is 9.79. The summed E-state index contributed by atoms with van der Waals surface area (Å²) >= 11 is 6.22. The number of hydrogen-bond donors (Lipinski definition) is 1. The van der Waals surface area contributed by atoms with Crippen LogP contribution in [0, 0.1) is 0 Å². The highest BCUT2D eigenvalue weighted by Gasteiger charge is 2.39. The van der Waals surface area contributed by atoms with Crippen molar-refractivity contribution in [1.29, 1.82) is 0 Å². The van der Waals surface area contributed by atoms with Gasteiger partial charge < -0.3 is 10.5 Å². The maximum absolute atomic E-state index is 6.22. The van der Waals surface area contributed by atoms with Crippen molar-refractivity contribution in [3.8, 4) is 0 Å². The van der Waals surface area contributed by atoms with Crippen LogP contribution in [0.25, 0.3) is 0 Å². The monoisotopic (exact) mass is 272 g/mol. The number of fused-ring (bicyclic) bond motifs is 1. The Bertz CT molecular complexity index is 476. The van der Waals surface area contributed by atoms with Gasteiger partial charge in [0.2, 0.25) is 0 Å². The Balaban J connectivity index is 0.00000108. The number of benzene rings is 1. The van der Waals surface area contributed by atoms with E-state index >= 15 is 0 Å². The molecule has 0 bridgehead atoms. The van der Waals surface area contributed by atoms with Crippen LogP contribution in [-0.2, 0) is 17.6 Å². The van der Waals surface area contributed by atoms with E-state index in [1.807, 2.05) is 12.1 Å². The fourth-order valence-electron chi connectivity index (χ4n) is 2.55. The molecule has 0 amide bonds. The number of nitrogens with two attached hydrogens (primary N) is 1. The van der Waals surface area contributed by atoms with E-state index in [2.05, 4.69) is 11.1 Å². The first-order chi connectivity index (χ1) is 7.69. The standard InChI is InChI=1S/C12H13ClN2O.ClH/c13-10-3-1-2-8-4-5-12(6-9(8)10)7-16-11(14)15-12;/h1-3H,4-7H2,(H2,14,15);1H. The van der Waals surface area contributed by atoms with Crippen LogP contribution in [0.2, 0.25) is 5.02 Å². The highest BCUT2D eigenvalue weighted by molar-refractivity contribution is 6.31. The number of amidine groups is 1. The molecule has 2 N–H and O–H groups in total. The lowest BCUT2D eigenvalue weighted by Crippen LogP contribution is -2.35. The highest BCUT2D eigenvalue weighted by Crippen LogP contribution is 2.37. The molecule has 0 saturated heterocycles. The van der Waals surface area contributed by atoms with Crippen LogP contribution >= 0.6 is 24.0 Å². The molecule has 0 aromatic heterocycles. The second-order valence-corrected chi connectivity index (χ2v) is 4.92. The average Bonchev–Trinajstić information content (AvgIpc) is 2.62. The minimum atomic E-state index is -0.165. The fourth-order valence-corrected chi connectivity index (χ4v) is 2.81. The molecule has 1 aliphatic heterocycles. The van der Waals surface area contributed by atoms with E-state index in [4.69, 9.17) is 22.1 Å². The molecule has 1 atom stereocenters. The van der Waals surface area contributed by atoms with E-state index in [1.54, 1.807) is 0 Å². The van der Waals surface area contributed by atoms with Crippen LogP contribution in [0.4, 0.5) is 0 Å². The first-order valence-corrected chi connectivity index (χ1v) is 5.81. The van der Waals surface area contributed by atoms with Crippen molar-refractivity contribution in [3.05, 3.63) is 34.3 Å². The second kappa shape index (κ2) is 4.39. The summed E-state index contributed by atoms with van der Waals surface area (Å²) in [6.07, 6.45) is 2.82. The highest BCUT2D eigenvalue weighted by atomic mass is 35.5. The Hall–Kier alpha value is -0.930. The number of aryl methyl sites for hydroxylation is 1. The van der Waals surface area contributed by atoms with E-state index in [9.17, 15) is 0 Å². The Labute approximate surface area is 111 Å². The van der Waals surface area contributed by atoms with Crippen molar-refractivity contribution in [2.24, 2.45) is 10.7 Å². The van der Waals surface area contributed by atoms with Crippen LogP contribution in [-0.4, -0.2) is 18.2 Å². The fraction of sp³-hybridized carbons (Fsp3) is 0.417. The zero-order valence-corrected chi connectivity index (χ0v) is 10.9. The second-order valence-electron chi connectivity index (χ2n) is 4.52. The van der Waals surface area contributed by atoms with E-state index in [0.717, 1.165) is 24.3 Å². The summed E-state index contributed by atoms with van der Waals surface area (Å²) in [5.41, 5.74) is 7.97. The first kappa shape index (κ1) is 12.5. The van der Waals surface area contributed by atoms with Gasteiger partial charge in [0.25, 0.3) is 6.02 Å². The molecule has 0 fully saturated rings. The molecule has 1 heterocycles. The molecule has 1 spiro atoms. The van der Waals surface area contributed by atoms with Crippen LogP contribution in [0.5, 0.6) is 0 Å². The van der Waals surface area contributed by atoms with Gasteiger partial charge in [0.15, 0.2) is 0 Å². The smallest absolute Gasteiger partial charge is 0.282 e. The normalized spacial score (nSPS) is 25.8. The molecule has 17 heavy (non-hydrogen) atoms. The number of nitrogens with zero attached hydrogens (tertiary/aromatic N) is 1. The number of rotatable bonds is 0. The van der Waals surface area contributed by atoms with Crippen molar-refractivity contribution in [1.82, 2.24) is 0 Å². The Kier molecular flexibility index (Phi) is 3.23. The van der Waals surface area contributed by atoms with Crippen molar-refractivity contribution in [2.45, 2.75) is 24.8 Å². The van der Waals surface area contributed by atoms with Gasteiger partial charge in [0.1, 0.15) is 12.1 Å². The Morgan fingerprint density at radius 2 is 2.24 bits per heavy atom. The maximum Gasteiger partial charge on any atom is 0.282 e. The molecule has 3 nitrogen and oxygen atoms in total. The number of aliphatic imine (C=N–C) groups is 1. The van der Waals surface area contributed by atoms with Crippen LogP contribution in [0.1, 0.15) is 17.5 Å². The van der Waals surface area contributed by atoms with E-state index in [-0.39, 0.29) is 17.9 Å². The number of halogens is 2. The van der Waals surface area contributed by atoms with Crippen molar-refractivity contribution < 1.29 is 4.74 Å². The summed E-state index contributed by atoms with van der Waals surface area (Å²) in [4.78, 5) is 4.43. The zero-order chi connectivity index (χ0) is 11.2. The van der Waals surface area contributed by atoms with Crippen molar-refractivity contribution in [3.63, 3.8) is 0 Å². The zero-order valence-electron chi connectivity index (χ0n) is 9.28. The number of hydrogen-bond acceptors (Lipinski definition) is 3. The van der Waals surface area contributed by atoms with Gasteiger partial charge in [0, 0.05) is 11.4 Å². The van der Waals surface area contributed by atoms with Crippen LogP contribution in [0.15, 0.2) is 23.2 Å². The molecule has 1 aromatic rings. The van der Waals surface area contributed by atoms with Gasteiger partial charge in [-0.05, 0) is 30.0 Å². The lowest BCUT2D eigenvalue weighted by Gasteiger charge is -2.30. The molecular weight excluding hydrogens is 259 g/mol. The summed E-state index contributed by atoms with van der Waals surface area (Å²) in [5, 5.41) is 0.831. The van der Waals surface area contributed by atoms with Gasteiger partial charge in [0.05, 0.1) is 0 Å². The summed E-state index contributed by atoms with van der Waals surface area (Å²) in [7, 11) is 0. The molecule has 5 heteroatoms. The SMILES string of the molecule is Cl.NC1=NC2(CCc3cccc(Cl)c3C2)CO1. The average molecular weight is 273 g/mol. The summed E-state index contributed by atoms with van der Waals surface area (Å²) in [6.45, 7) is 0.587. The minimum absolute atomic E-state index is 0. The molecule has 1 unspecified atom stereocenters. The predicted molar refractivity (Wildman–Crippen MR) is 71.0 cm³/mol. The van der Waals surface area contributed by atoms with E-state index in [0.29, 0.717) is 12.6 Å². The topological polar surface area (TPSA) is 47.6 Å². The van der Waals surface area contributed by atoms with Crippen molar-refractivity contribution >= 4 is 30.0 Å². The van der Waals surface area contributed by atoms with Crippen LogP contribution < -0.4 is 5.73 Å². The molecular formula is C12H14Cl2N2O. The van der Waals surface area contributed by atoms with E-state index in [1.165, 1.54) is 11.1 Å². The predicted octanol–water partition coefficient (Wildman–Crippen LogP) is 2.33. The van der Waals surface area contributed by atoms with Gasteiger partial charge in [-0.2, -0.15) is 0 Å². The Morgan fingerprint density at radius 3 is 2.94 bits per heavy atom. The molecule has 0 radical (unpaired) electrons. The molecule has 1 aromatic carbocycles. The summed E-state index contributed by atoms with van der Waals surface area (Å²) in [6, 6.07) is 6.39. The van der Waals surface area contributed by atoms with Crippen molar-refractivity contribution in [2.75, 3.05) is 6.61 Å². The first-order valence-electron chi connectivity index (χ1n) is 5.43. The van der Waals surface area contributed by atoms with Crippen LogP contribution in [0.3, 0.4) is 0 Å². The van der Waals surface area contributed by atoms with Gasteiger partial charge >= 0.3 is 0 Å².